The van der Waals surface area contributed by atoms with E-state index < -0.39 is 10.9 Å². The molecule has 1 aliphatic heterocycles. The average Bonchev–Trinajstić information content (AvgIpc) is 2.99. The van der Waals surface area contributed by atoms with Crippen molar-refractivity contribution in [1.82, 2.24) is 0 Å². The number of nitrogens with zero attached hydrogens (tertiary/aromatic N) is 2. The number of allylic oxidation sites excluding steroid dienone is 1. The van der Waals surface area contributed by atoms with Gasteiger partial charge < -0.3 is 4.74 Å². The summed E-state index contributed by atoms with van der Waals surface area (Å²) in [6, 6.07) is 19.1. The van der Waals surface area contributed by atoms with Crippen molar-refractivity contribution in [3.05, 3.63) is 87.5 Å². The fourth-order valence-electron chi connectivity index (χ4n) is 3.15. The molecule has 0 saturated carbocycles. The van der Waals surface area contributed by atoms with Gasteiger partial charge in [-0.25, -0.2) is 4.79 Å². The summed E-state index contributed by atoms with van der Waals surface area (Å²) in [5, 5.41) is 22.9. The molecule has 3 aromatic carbocycles. The van der Waals surface area contributed by atoms with Crippen LogP contribution in [0.1, 0.15) is 21.5 Å². The number of fused-ring (bicyclic) bond motifs is 2. The summed E-state index contributed by atoms with van der Waals surface area (Å²) in [7, 11) is 0. The van der Waals surface area contributed by atoms with Crippen LogP contribution in [0.3, 0.4) is 0 Å². The molecule has 0 radical (unpaired) electrons. The van der Waals surface area contributed by atoms with Crippen molar-refractivity contribution in [1.29, 1.82) is 5.26 Å². The maximum Gasteiger partial charge on any atom is 0.344 e. The van der Waals surface area contributed by atoms with Gasteiger partial charge in [-0.2, -0.15) is 5.26 Å². The first-order valence-electron chi connectivity index (χ1n) is 7.74. The van der Waals surface area contributed by atoms with Gasteiger partial charge in [-0.05, 0) is 16.8 Å². The third-order valence-electron chi connectivity index (χ3n) is 4.28. The average molecular weight is 342 g/mol. The number of carbonyl (C=O) groups is 1. The van der Waals surface area contributed by atoms with E-state index in [1.165, 1.54) is 18.2 Å². The van der Waals surface area contributed by atoms with Crippen LogP contribution in [-0.2, 0) is 4.74 Å². The minimum Gasteiger partial charge on any atom is -0.421 e. The van der Waals surface area contributed by atoms with Crippen LogP contribution >= 0.6 is 0 Å². The van der Waals surface area contributed by atoms with Crippen LogP contribution in [0, 0.1) is 21.4 Å². The molecule has 1 heterocycles. The second-order valence-corrected chi connectivity index (χ2v) is 5.69. The molecule has 0 spiro atoms. The molecule has 0 aromatic heterocycles. The zero-order chi connectivity index (χ0) is 18.3. The molecule has 6 heteroatoms. The molecule has 0 saturated heterocycles. The largest absolute Gasteiger partial charge is 0.421 e. The molecule has 0 N–H and O–H groups in total. The van der Waals surface area contributed by atoms with Crippen LogP contribution in [0.15, 0.2) is 60.7 Å². The number of ether oxygens (including phenoxy) is 1. The van der Waals surface area contributed by atoms with E-state index in [1.54, 1.807) is 12.1 Å². The van der Waals surface area contributed by atoms with Gasteiger partial charge in [0.2, 0.25) is 0 Å². The van der Waals surface area contributed by atoms with Crippen LogP contribution in [-0.4, -0.2) is 10.9 Å². The van der Waals surface area contributed by atoms with Crippen molar-refractivity contribution in [2.24, 2.45) is 0 Å². The Balaban J connectivity index is 2.08. The van der Waals surface area contributed by atoms with Gasteiger partial charge in [0.1, 0.15) is 17.2 Å². The maximum absolute atomic E-state index is 12.2. The summed E-state index contributed by atoms with van der Waals surface area (Å²) in [6.45, 7) is 0. The molecule has 0 atom stereocenters. The Morgan fingerprint density at radius 2 is 1.77 bits per heavy atom. The lowest BCUT2D eigenvalue weighted by Gasteiger charge is -2.08. The second-order valence-electron chi connectivity index (χ2n) is 5.69. The first kappa shape index (κ1) is 15.5. The third kappa shape index (κ3) is 2.23. The fourth-order valence-corrected chi connectivity index (χ4v) is 3.15. The SMILES string of the molecule is N#CC(=C1OC(=O)c2cccc([N+](=O)[O-])c21)c1cccc2ccccc12. The lowest BCUT2D eigenvalue weighted by Crippen LogP contribution is -1.96. The summed E-state index contributed by atoms with van der Waals surface area (Å²) in [4.78, 5) is 23.0. The monoisotopic (exact) mass is 342 g/mol. The van der Waals surface area contributed by atoms with E-state index in [9.17, 15) is 20.2 Å². The molecule has 1 aliphatic rings. The highest BCUT2D eigenvalue weighted by Gasteiger charge is 2.36. The number of nitriles is 1. The van der Waals surface area contributed by atoms with Crippen molar-refractivity contribution in [2.75, 3.05) is 0 Å². The molecule has 0 fully saturated rings. The van der Waals surface area contributed by atoms with E-state index >= 15 is 0 Å². The number of carbonyl (C=O) groups excluding carboxylic acids is 1. The van der Waals surface area contributed by atoms with Gasteiger partial charge in [0.15, 0.2) is 5.76 Å². The number of hydrogen-bond donors (Lipinski definition) is 0. The smallest absolute Gasteiger partial charge is 0.344 e. The van der Waals surface area contributed by atoms with Crippen molar-refractivity contribution in [2.45, 2.75) is 0 Å². The van der Waals surface area contributed by atoms with E-state index in [-0.39, 0.29) is 28.1 Å². The zero-order valence-electron chi connectivity index (χ0n) is 13.3. The first-order valence-corrected chi connectivity index (χ1v) is 7.74. The standard InChI is InChI=1S/C20H10N2O4/c21-11-16(14-8-3-6-12-5-1-2-7-13(12)14)19-18-15(20(23)26-19)9-4-10-17(18)22(24)25/h1-10H. The van der Waals surface area contributed by atoms with E-state index in [0.29, 0.717) is 5.56 Å². The summed E-state index contributed by atoms with van der Waals surface area (Å²) in [5.74, 6) is -0.775. The van der Waals surface area contributed by atoms with E-state index in [1.807, 2.05) is 30.3 Å². The second kappa shape index (κ2) is 5.83. The van der Waals surface area contributed by atoms with Gasteiger partial charge in [-0.15, -0.1) is 0 Å². The van der Waals surface area contributed by atoms with Gasteiger partial charge >= 0.3 is 5.97 Å². The molecule has 124 valence electrons. The topological polar surface area (TPSA) is 93.2 Å². The van der Waals surface area contributed by atoms with Crippen molar-refractivity contribution < 1.29 is 14.5 Å². The third-order valence-corrected chi connectivity index (χ3v) is 4.28. The summed E-state index contributed by atoms with van der Waals surface area (Å²) in [5.41, 5.74) is 0.508. The number of nitro groups is 1. The Morgan fingerprint density at radius 3 is 2.54 bits per heavy atom. The number of hydrogen-bond acceptors (Lipinski definition) is 5. The summed E-state index contributed by atoms with van der Waals surface area (Å²) in [6.07, 6.45) is 0. The summed E-state index contributed by atoms with van der Waals surface area (Å²) >= 11 is 0. The van der Waals surface area contributed by atoms with Crippen LogP contribution in [0.4, 0.5) is 5.69 Å². The number of nitro benzene ring substituents is 1. The zero-order valence-corrected chi connectivity index (χ0v) is 13.3. The minimum atomic E-state index is -0.702. The van der Waals surface area contributed by atoms with E-state index in [2.05, 4.69) is 6.07 Å². The molecule has 0 bridgehead atoms. The highest BCUT2D eigenvalue weighted by atomic mass is 16.6. The van der Waals surface area contributed by atoms with Crippen molar-refractivity contribution >= 4 is 33.8 Å². The van der Waals surface area contributed by atoms with Crippen LogP contribution in [0.25, 0.3) is 22.1 Å². The highest BCUT2D eigenvalue weighted by molar-refractivity contribution is 6.14. The molecule has 0 unspecified atom stereocenters. The number of cyclic esters (lactones) is 1. The fraction of sp³-hybridized carbons (Fsp3) is 0. The molecule has 0 amide bonds. The molecule has 6 nitrogen and oxygen atoms in total. The highest BCUT2D eigenvalue weighted by Crippen LogP contribution is 2.41. The Morgan fingerprint density at radius 1 is 1.04 bits per heavy atom. The molecule has 4 rings (SSSR count). The molecular formula is C20H10N2O4. The number of esters is 1. The first-order chi connectivity index (χ1) is 12.6. The predicted octanol–water partition coefficient (Wildman–Crippen LogP) is 4.31. The van der Waals surface area contributed by atoms with Gasteiger partial charge in [0.25, 0.3) is 5.69 Å². The summed E-state index contributed by atoms with van der Waals surface area (Å²) < 4.78 is 5.29. The van der Waals surface area contributed by atoms with Gasteiger partial charge in [-0.3, -0.25) is 10.1 Å². The quantitative estimate of drug-likeness (QED) is 0.299. The van der Waals surface area contributed by atoms with Crippen molar-refractivity contribution in [3.63, 3.8) is 0 Å². The van der Waals surface area contributed by atoms with Crippen molar-refractivity contribution in [3.8, 4) is 6.07 Å². The number of rotatable bonds is 2. The molecular weight excluding hydrogens is 332 g/mol. The Kier molecular flexibility index (Phi) is 3.48. The number of benzene rings is 3. The van der Waals surface area contributed by atoms with Gasteiger partial charge in [0, 0.05) is 11.6 Å². The Labute approximate surface area is 147 Å². The van der Waals surface area contributed by atoms with Crippen LogP contribution in [0.2, 0.25) is 0 Å². The van der Waals surface area contributed by atoms with Crippen LogP contribution in [0.5, 0.6) is 0 Å². The minimum absolute atomic E-state index is 0.0481. The maximum atomic E-state index is 12.2. The van der Waals surface area contributed by atoms with Gasteiger partial charge in [-0.1, -0.05) is 48.5 Å². The molecule has 3 aromatic rings. The Hall–Kier alpha value is -3.98. The van der Waals surface area contributed by atoms with E-state index in [0.717, 1.165) is 10.8 Å². The predicted molar refractivity (Wildman–Crippen MR) is 94.9 cm³/mol. The lowest BCUT2D eigenvalue weighted by atomic mass is 9.95. The molecule has 26 heavy (non-hydrogen) atoms. The lowest BCUT2D eigenvalue weighted by molar-refractivity contribution is -0.385. The van der Waals surface area contributed by atoms with E-state index in [4.69, 9.17) is 4.74 Å². The Bertz CT molecular complexity index is 1170. The molecule has 0 aliphatic carbocycles. The normalized spacial score (nSPS) is 14.5. The van der Waals surface area contributed by atoms with Crippen LogP contribution < -0.4 is 0 Å². The van der Waals surface area contributed by atoms with Gasteiger partial charge in [0.05, 0.1) is 10.5 Å².